The van der Waals surface area contributed by atoms with Gasteiger partial charge in [0.2, 0.25) is 0 Å². The molecule has 43 heavy (non-hydrogen) atoms. The van der Waals surface area contributed by atoms with Gasteiger partial charge in [0, 0.05) is 55.6 Å². The van der Waals surface area contributed by atoms with Gasteiger partial charge in [-0.25, -0.2) is 9.59 Å². The normalized spacial score (nSPS) is 19.4. The van der Waals surface area contributed by atoms with E-state index in [1.807, 2.05) is 13.8 Å². The summed E-state index contributed by atoms with van der Waals surface area (Å²) in [5.41, 5.74) is 2.38. The Bertz CT molecular complexity index is 1440. The average molecular weight is 613 g/mol. The molecule has 0 spiro atoms. The van der Waals surface area contributed by atoms with Gasteiger partial charge >= 0.3 is 12.1 Å². The Balaban J connectivity index is 1.60. The molecular weight excluding hydrogens is 576 g/mol. The molecule has 1 aliphatic heterocycles. The van der Waals surface area contributed by atoms with Crippen LogP contribution in [0.15, 0.2) is 47.0 Å². The molecule has 2 heterocycles. The third-order valence-electron chi connectivity index (χ3n) is 7.33. The Labute approximate surface area is 255 Å². The van der Waals surface area contributed by atoms with E-state index >= 15 is 0 Å². The molecule has 1 aliphatic rings. The molecule has 0 saturated heterocycles. The van der Waals surface area contributed by atoms with Crippen LogP contribution in [0.5, 0.6) is 5.75 Å². The van der Waals surface area contributed by atoms with E-state index in [1.54, 1.807) is 80.3 Å². The van der Waals surface area contributed by atoms with Crippen molar-refractivity contribution in [1.29, 1.82) is 0 Å². The smallest absolute Gasteiger partial charge is 0.323 e. The fourth-order valence-electron chi connectivity index (χ4n) is 4.80. The first kappa shape index (κ1) is 31.6. The molecule has 4 rings (SSSR count). The van der Waals surface area contributed by atoms with E-state index in [0.29, 0.717) is 45.6 Å². The highest BCUT2D eigenvalue weighted by Gasteiger charge is 2.31. The molecule has 0 radical (unpaired) electrons. The summed E-state index contributed by atoms with van der Waals surface area (Å²) in [7, 11) is 3.28. The number of nitrogens with one attached hydrogen (secondary N) is 3. The number of nitrogens with zero attached hydrogens (tertiary/aromatic N) is 3. The number of fused-ring (bicyclic) bond motifs is 1. The Hall–Kier alpha value is -4.29. The van der Waals surface area contributed by atoms with Gasteiger partial charge in [-0.05, 0) is 57.2 Å². The molecule has 0 saturated carbocycles. The number of methoxy groups -OCH3 is 1. The number of aryl methyl sites for hydroxylation is 2. The van der Waals surface area contributed by atoms with Crippen molar-refractivity contribution in [2.75, 3.05) is 49.8 Å². The lowest BCUT2D eigenvalue weighted by molar-refractivity contribution is 0.0174. The number of anilines is 3. The average Bonchev–Trinajstić information content (AvgIpc) is 3.29. The molecule has 2 aromatic carbocycles. The number of benzene rings is 2. The minimum atomic E-state index is -0.480. The Morgan fingerprint density at radius 3 is 2.35 bits per heavy atom. The molecule has 0 bridgehead atoms. The van der Waals surface area contributed by atoms with Gasteiger partial charge in [-0.1, -0.05) is 23.7 Å². The summed E-state index contributed by atoms with van der Waals surface area (Å²) in [6.45, 7) is 8.01. The van der Waals surface area contributed by atoms with Crippen LogP contribution in [-0.4, -0.2) is 78.9 Å². The van der Waals surface area contributed by atoms with E-state index in [1.165, 1.54) is 0 Å². The number of hydrogen-bond acceptors (Lipinski definition) is 7. The predicted molar refractivity (Wildman–Crippen MR) is 164 cm³/mol. The van der Waals surface area contributed by atoms with Crippen LogP contribution in [-0.2, 0) is 4.74 Å². The van der Waals surface area contributed by atoms with Crippen molar-refractivity contribution >= 4 is 46.6 Å². The number of hydrogen-bond donors (Lipinski definition) is 3. The zero-order chi connectivity index (χ0) is 31.3. The van der Waals surface area contributed by atoms with Crippen LogP contribution in [0, 0.1) is 19.8 Å². The van der Waals surface area contributed by atoms with Crippen molar-refractivity contribution in [2.24, 2.45) is 5.92 Å². The molecule has 0 aliphatic carbocycles. The van der Waals surface area contributed by atoms with Crippen LogP contribution in [0.25, 0.3) is 0 Å². The van der Waals surface area contributed by atoms with Gasteiger partial charge in [-0.3, -0.25) is 4.79 Å². The van der Waals surface area contributed by atoms with Crippen molar-refractivity contribution in [2.45, 2.75) is 39.8 Å². The number of halogens is 1. The van der Waals surface area contributed by atoms with E-state index in [-0.39, 0.29) is 42.9 Å². The molecule has 5 amide bonds. The summed E-state index contributed by atoms with van der Waals surface area (Å²) in [6.07, 6.45) is -0.350. The third kappa shape index (κ3) is 7.76. The molecule has 230 valence electrons. The fourth-order valence-corrected chi connectivity index (χ4v) is 4.93. The molecule has 0 fully saturated rings. The number of urea groups is 2. The van der Waals surface area contributed by atoms with Crippen molar-refractivity contribution in [3.8, 4) is 5.75 Å². The predicted octanol–water partition coefficient (Wildman–Crippen LogP) is 5.63. The van der Waals surface area contributed by atoms with Crippen molar-refractivity contribution < 1.29 is 28.4 Å². The van der Waals surface area contributed by atoms with E-state index in [0.717, 1.165) is 0 Å². The lowest BCUT2D eigenvalue weighted by Gasteiger charge is -2.36. The number of ether oxygens (including phenoxy) is 2. The van der Waals surface area contributed by atoms with E-state index in [2.05, 4.69) is 21.1 Å². The monoisotopic (exact) mass is 612 g/mol. The van der Waals surface area contributed by atoms with Gasteiger partial charge in [0.05, 0.1) is 17.7 Å². The quantitative estimate of drug-likeness (QED) is 0.347. The number of carbonyl (C=O) groups is 3. The maximum Gasteiger partial charge on any atom is 0.323 e. The number of carbonyl (C=O) groups excluding carboxylic acids is 3. The van der Waals surface area contributed by atoms with Crippen LogP contribution in [0.2, 0.25) is 5.02 Å². The standard InChI is InChI=1S/C30H37ClN6O6/c1-17-14-37(30(40)34-27-19(3)35-43-20(27)4)18(2)16-42-25-13-23(33-29(39)32-22-9-7-21(31)8-10-22)11-12-24(25)28(38)36(5)15-26(17)41-6/h7-13,17-18,26H,14-16H2,1-6H3,(H,34,40)(H2,32,33,39)/t17-,18-,26-/m0/s1. The third-order valence-corrected chi connectivity index (χ3v) is 7.58. The fraction of sp³-hybridized carbons (Fsp3) is 0.400. The highest BCUT2D eigenvalue weighted by molar-refractivity contribution is 6.30. The molecule has 3 atom stereocenters. The summed E-state index contributed by atoms with van der Waals surface area (Å²) >= 11 is 5.93. The Kier molecular flexibility index (Phi) is 10.1. The summed E-state index contributed by atoms with van der Waals surface area (Å²) in [5.74, 6) is 0.383. The topological polar surface area (TPSA) is 138 Å². The lowest BCUT2D eigenvalue weighted by atomic mass is 10.0. The van der Waals surface area contributed by atoms with Crippen molar-refractivity contribution in [3.05, 3.63) is 64.5 Å². The van der Waals surface area contributed by atoms with Crippen LogP contribution >= 0.6 is 11.6 Å². The maximum absolute atomic E-state index is 13.6. The van der Waals surface area contributed by atoms with Gasteiger partial charge < -0.3 is 39.7 Å². The van der Waals surface area contributed by atoms with Crippen LogP contribution in [0.1, 0.15) is 35.7 Å². The highest BCUT2D eigenvalue weighted by atomic mass is 35.5. The van der Waals surface area contributed by atoms with Gasteiger partial charge in [-0.15, -0.1) is 0 Å². The van der Waals surface area contributed by atoms with E-state index in [9.17, 15) is 14.4 Å². The first-order chi connectivity index (χ1) is 20.5. The second kappa shape index (κ2) is 13.8. The first-order valence-electron chi connectivity index (χ1n) is 13.9. The van der Waals surface area contributed by atoms with Crippen molar-refractivity contribution in [1.82, 2.24) is 15.0 Å². The first-order valence-corrected chi connectivity index (χ1v) is 14.2. The number of rotatable bonds is 4. The minimum Gasteiger partial charge on any atom is -0.491 e. The van der Waals surface area contributed by atoms with E-state index in [4.69, 9.17) is 25.6 Å². The number of likely N-dealkylation sites (N-methyl/N-ethyl adjacent to an activating group) is 1. The molecule has 3 aromatic rings. The molecule has 1 aromatic heterocycles. The summed E-state index contributed by atoms with van der Waals surface area (Å²) in [6, 6.07) is 10.3. The van der Waals surface area contributed by atoms with E-state index < -0.39 is 12.1 Å². The van der Waals surface area contributed by atoms with Gasteiger partial charge in [-0.2, -0.15) is 0 Å². The Morgan fingerprint density at radius 1 is 1.02 bits per heavy atom. The van der Waals surface area contributed by atoms with Crippen LogP contribution in [0.4, 0.5) is 26.7 Å². The molecular formula is C30H37ClN6O6. The van der Waals surface area contributed by atoms with Gasteiger partial charge in [0.1, 0.15) is 23.7 Å². The van der Waals surface area contributed by atoms with Crippen molar-refractivity contribution in [3.63, 3.8) is 0 Å². The molecule has 12 nitrogen and oxygen atoms in total. The zero-order valence-electron chi connectivity index (χ0n) is 25.1. The second-order valence-corrected chi connectivity index (χ2v) is 11.1. The number of aromatic nitrogens is 1. The SMILES string of the molecule is CO[C@H]1CN(C)C(=O)c2ccc(NC(=O)Nc3ccc(Cl)cc3)cc2OC[C@H](C)N(C(=O)Nc2c(C)noc2C)C[C@@H]1C. The summed E-state index contributed by atoms with van der Waals surface area (Å²) < 4.78 is 17.2. The zero-order valence-corrected chi connectivity index (χ0v) is 25.8. The van der Waals surface area contributed by atoms with Crippen LogP contribution < -0.4 is 20.7 Å². The second-order valence-electron chi connectivity index (χ2n) is 10.7. The van der Waals surface area contributed by atoms with Gasteiger partial charge in [0.25, 0.3) is 5.91 Å². The Morgan fingerprint density at radius 2 is 1.70 bits per heavy atom. The molecule has 13 heteroatoms. The van der Waals surface area contributed by atoms with Gasteiger partial charge in [0.15, 0.2) is 5.76 Å². The van der Waals surface area contributed by atoms with Crippen LogP contribution in [0.3, 0.4) is 0 Å². The summed E-state index contributed by atoms with van der Waals surface area (Å²) in [4.78, 5) is 43.0. The summed E-state index contributed by atoms with van der Waals surface area (Å²) in [5, 5.41) is 12.9. The minimum absolute atomic E-state index is 0.0732. The largest absolute Gasteiger partial charge is 0.491 e. The molecule has 0 unspecified atom stereocenters. The highest BCUT2D eigenvalue weighted by Crippen LogP contribution is 2.28. The maximum atomic E-state index is 13.6. The number of amides is 5. The lowest BCUT2D eigenvalue weighted by Crippen LogP contribution is -2.50. The molecule has 3 N–H and O–H groups in total.